The zero-order chi connectivity index (χ0) is 11.0. The summed E-state index contributed by atoms with van der Waals surface area (Å²) < 4.78 is 9.89. The number of carbonyl (C=O) groups is 1. The fraction of sp³-hybridized carbons (Fsp3) is 0.889. The summed E-state index contributed by atoms with van der Waals surface area (Å²) in [4.78, 5) is 11.3. The fourth-order valence-electron chi connectivity index (χ4n) is 0.917. The van der Waals surface area contributed by atoms with E-state index in [4.69, 9.17) is 15.2 Å². The normalized spacial score (nSPS) is 14.9. The molecule has 0 aromatic rings. The van der Waals surface area contributed by atoms with Gasteiger partial charge in [0.25, 0.3) is 0 Å². The second kappa shape index (κ2) is 8.08. The highest BCUT2D eigenvalue weighted by molar-refractivity contribution is 7.98. The maximum Gasteiger partial charge on any atom is 0.323 e. The number of ether oxygens (including phenoxy) is 2. The zero-order valence-electron chi connectivity index (χ0n) is 8.99. The first-order valence-corrected chi connectivity index (χ1v) is 5.95. The second-order valence-corrected chi connectivity index (χ2v) is 4.08. The first-order valence-electron chi connectivity index (χ1n) is 4.55. The highest BCUT2D eigenvalue weighted by Gasteiger charge is 2.17. The predicted molar refractivity (Wildman–Crippen MR) is 58.4 cm³/mol. The standard InChI is InChI=1S/C9H19NO3S/c1-7(6-12-2)13-9(11)8(10)4-5-14-3/h7-8H,4-6,10H2,1-3H3/t7?,8-/m1/s1. The van der Waals surface area contributed by atoms with Crippen LogP contribution >= 0.6 is 11.8 Å². The Hall–Kier alpha value is -0.260. The van der Waals surface area contributed by atoms with E-state index in [9.17, 15) is 4.79 Å². The van der Waals surface area contributed by atoms with Gasteiger partial charge in [-0.3, -0.25) is 4.79 Å². The molecule has 0 amide bonds. The Morgan fingerprint density at radius 3 is 2.71 bits per heavy atom. The number of thioether (sulfide) groups is 1. The lowest BCUT2D eigenvalue weighted by Crippen LogP contribution is -2.35. The van der Waals surface area contributed by atoms with E-state index < -0.39 is 6.04 Å². The quantitative estimate of drug-likeness (QED) is 0.639. The monoisotopic (exact) mass is 221 g/mol. The van der Waals surface area contributed by atoms with Gasteiger partial charge in [-0.15, -0.1) is 0 Å². The van der Waals surface area contributed by atoms with Crippen LogP contribution in [0.5, 0.6) is 0 Å². The number of hydrogen-bond donors (Lipinski definition) is 1. The smallest absolute Gasteiger partial charge is 0.323 e. The molecular formula is C9H19NO3S. The van der Waals surface area contributed by atoms with Gasteiger partial charge in [0.2, 0.25) is 0 Å². The lowest BCUT2D eigenvalue weighted by Gasteiger charge is -2.15. The third-order valence-electron chi connectivity index (χ3n) is 1.65. The number of hydrogen-bond acceptors (Lipinski definition) is 5. The SMILES string of the molecule is COCC(C)OC(=O)[C@H](N)CCSC. The fourth-order valence-corrected chi connectivity index (χ4v) is 1.41. The Kier molecular flexibility index (Phi) is 7.93. The van der Waals surface area contributed by atoms with Gasteiger partial charge < -0.3 is 15.2 Å². The molecule has 0 aromatic carbocycles. The van der Waals surface area contributed by atoms with Crippen LogP contribution in [0.3, 0.4) is 0 Å². The third-order valence-corrected chi connectivity index (χ3v) is 2.30. The Labute approximate surface area is 89.5 Å². The van der Waals surface area contributed by atoms with Gasteiger partial charge >= 0.3 is 5.97 Å². The van der Waals surface area contributed by atoms with E-state index >= 15 is 0 Å². The Bertz CT molecular complexity index is 166. The average Bonchev–Trinajstić information content (AvgIpc) is 2.14. The summed E-state index contributed by atoms with van der Waals surface area (Å²) in [5.41, 5.74) is 5.62. The van der Waals surface area contributed by atoms with Gasteiger partial charge in [-0.05, 0) is 25.4 Å². The molecule has 0 rings (SSSR count). The van der Waals surface area contributed by atoms with Crippen LogP contribution in [0.25, 0.3) is 0 Å². The predicted octanol–water partition coefficient (Wildman–Crippen LogP) is 0.645. The summed E-state index contributed by atoms with van der Waals surface area (Å²) in [7, 11) is 1.57. The highest BCUT2D eigenvalue weighted by atomic mass is 32.2. The molecule has 1 unspecified atom stereocenters. The molecule has 0 bridgehead atoms. The maximum atomic E-state index is 11.3. The first kappa shape index (κ1) is 13.7. The number of methoxy groups -OCH3 is 1. The maximum absolute atomic E-state index is 11.3. The van der Waals surface area contributed by atoms with Gasteiger partial charge in [-0.25, -0.2) is 0 Å². The summed E-state index contributed by atoms with van der Waals surface area (Å²) in [5, 5.41) is 0. The molecule has 0 aromatic heterocycles. The summed E-state index contributed by atoms with van der Waals surface area (Å²) in [6, 6.07) is -0.512. The Morgan fingerprint density at radius 1 is 1.57 bits per heavy atom. The van der Waals surface area contributed by atoms with Gasteiger partial charge in [0.15, 0.2) is 0 Å². The highest BCUT2D eigenvalue weighted by Crippen LogP contribution is 2.02. The van der Waals surface area contributed by atoms with Crippen LogP contribution < -0.4 is 5.73 Å². The van der Waals surface area contributed by atoms with Crippen molar-refractivity contribution in [1.29, 1.82) is 0 Å². The lowest BCUT2D eigenvalue weighted by molar-refractivity contribution is -0.152. The van der Waals surface area contributed by atoms with Crippen LogP contribution in [-0.2, 0) is 14.3 Å². The zero-order valence-corrected chi connectivity index (χ0v) is 9.80. The molecular weight excluding hydrogens is 202 g/mol. The van der Waals surface area contributed by atoms with Crippen LogP contribution in [-0.4, -0.2) is 43.8 Å². The average molecular weight is 221 g/mol. The third kappa shape index (κ3) is 6.23. The molecule has 0 radical (unpaired) electrons. The molecule has 0 spiro atoms. The van der Waals surface area contributed by atoms with E-state index in [0.29, 0.717) is 13.0 Å². The molecule has 0 saturated heterocycles. The van der Waals surface area contributed by atoms with Crippen molar-refractivity contribution in [3.05, 3.63) is 0 Å². The van der Waals surface area contributed by atoms with Gasteiger partial charge in [-0.2, -0.15) is 11.8 Å². The van der Waals surface area contributed by atoms with Crippen molar-refractivity contribution in [1.82, 2.24) is 0 Å². The van der Waals surface area contributed by atoms with Crippen LogP contribution in [0.15, 0.2) is 0 Å². The molecule has 14 heavy (non-hydrogen) atoms. The molecule has 0 heterocycles. The van der Waals surface area contributed by atoms with Crippen molar-refractivity contribution in [2.75, 3.05) is 25.7 Å². The van der Waals surface area contributed by atoms with E-state index in [1.54, 1.807) is 25.8 Å². The van der Waals surface area contributed by atoms with Crippen molar-refractivity contribution in [3.63, 3.8) is 0 Å². The molecule has 0 saturated carbocycles. The van der Waals surface area contributed by atoms with E-state index in [0.717, 1.165) is 5.75 Å². The second-order valence-electron chi connectivity index (χ2n) is 3.09. The number of rotatable bonds is 7. The van der Waals surface area contributed by atoms with E-state index in [1.807, 2.05) is 6.26 Å². The van der Waals surface area contributed by atoms with Crippen molar-refractivity contribution < 1.29 is 14.3 Å². The molecule has 0 aliphatic heterocycles. The van der Waals surface area contributed by atoms with E-state index in [-0.39, 0.29) is 12.1 Å². The summed E-state index contributed by atoms with van der Waals surface area (Å²) >= 11 is 1.66. The van der Waals surface area contributed by atoms with E-state index in [1.165, 1.54) is 0 Å². The molecule has 4 nitrogen and oxygen atoms in total. The Morgan fingerprint density at radius 2 is 2.21 bits per heavy atom. The molecule has 0 aliphatic rings. The molecule has 0 aliphatic carbocycles. The summed E-state index contributed by atoms with van der Waals surface area (Å²) in [5.74, 6) is 0.526. The number of nitrogens with two attached hydrogens (primary N) is 1. The van der Waals surface area contributed by atoms with Gasteiger partial charge in [0, 0.05) is 7.11 Å². The molecule has 2 atom stereocenters. The number of carbonyl (C=O) groups excluding carboxylic acids is 1. The van der Waals surface area contributed by atoms with Crippen LogP contribution in [0.1, 0.15) is 13.3 Å². The largest absolute Gasteiger partial charge is 0.459 e. The van der Waals surface area contributed by atoms with Gasteiger partial charge in [0.05, 0.1) is 6.61 Å². The van der Waals surface area contributed by atoms with Crippen LogP contribution in [0.4, 0.5) is 0 Å². The molecule has 84 valence electrons. The van der Waals surface area contributed by atoms with Gasteiger partial charge in [0.1, 0.15) is 12.1 Å². The van der Waals surface area contributed by atoms with Crippen LogP contribution in [0.2, 0.25) is 0 Å². The van der Waals surface area contributed by atoms with Crippen molar-refractivity contribution in [2.45, 2.75) is 25.5 Å². The number of esters is 1. The first-order chi connectivity index (χ1) is 6.61. The topological polar surface area (TPSA) is 61.5 Å². The Balaban J connectivity index is 3.71. The molecule has 5 heteroatoms. The van der Waals surface area contributed by atoms with Crippen molar-refractivity contribution >= 4 is 17.7 Å². The minimum absolute atomic E-state index is 0.229. The van der Waals surface area contributed by atoms with Crippen molar-refractivity contribution in [3.8, 4) is 0 Å². The molecule has 0 fully saturated rings. The van der Waals surface area contributed by atoms with E-state index in [2.05, 4.69) is 0 Å². The molecule has 2 N–H and O–H groups in total. The lowest BCUT2D eigenvalue weighted by atomic mass is 10.2. The van der Waals surface area contributed by atoms with Crippen molar-refractivity contribution in [2.24, 2.45) is 5.73 Å². The van der Waals surface area contributed by atoms with Gasteiger partial charge in [-0.1, -0.05) is 0 Å². The summed E-state index contributed by atoms with van der Waals surface area (Å²) in [6.07, 6.45) is 2.40. The summed E-state index contributed by atoms with van der Waals surface area (Å²) in [6.45, 7) is 2.18. The minimum atomic E-state index is -0.512. The minimum Gasteiger partial charge on any atom is -0.459 e. The van der Waals surface area contributed by atoms with Crippen LogP contribution in [0, 0.1) is 0 Å².